The molecule has 1 aromatic heterocycles. The second kappa shape index (κ2) is 6.65. The Morgan fingerprint density at radius 2 is 2.16 bits per heavy atom. The van der Waals surface area contributed by atoms with E-state index in [4.69, 9.17) is 0 Å². The Balaban J connectivity index is 1.79. The van der Waals surface area contributed by atoms with Gasteiger partial charge in [0.25, 0.3) is 0 Å². The van der Waals surface area contributed by atoms with Crippen LogP contribution in [0.2, 0.25) is 0 Å². The predicted molar refractivity (Wildman–Crippen MR) is 74.9 cm³/mol. The van der Waals surface area contributed by atoms with Crippen molar-refractivity contribution in [2.45, 2.75) is 19.3 Å². The summed E-state index contributed by atoms with van der Waals surface area (Å²) in [5.74, 6) is 1.05. The number of halogens is 1. The average molecular weight is 267 g/mol. The van der Waals surface area contributed by atoms with Crippen LogP contribution < -0.4 is 10.6 Å². The summed E-state index contributed by atoms with van der Waals surface area (Å²) in [6.45, 7) is 3.08. The number of piperidine rings is 1. The molecule has 5 nitrogen and oxygen atoms in total. The molecule has 2 N–H and O–H groups in total. The van der Waals surface area contributed by atoms with Crippen molar-refractivity contribution in [2.75, 3.05) is 44.4 Å². The molecule has 106 valence electrons. The van der Waals surface area contributed by atoms with E-state index in [2.05, 4.69) is 32.5 Å². The second-order valence-corrected chi connectivity index (χ2v) is 5.10. The van der Waals surface area contributed by atoms with Gasteiger partial charge in [0.05, 0.1) is 6.20 Å². The molecule has 1 fully saturated rings. The van der Waals surface area contributed by atoms with Gasteiger partial charge in [-0.15, -0.1) is 0 Å². The van der Waals surface area contributed by atoms with Gasteiger partial charge in [-0.2, -0.15) is 4.98 Å². The summed E-state index contributed by atoms with van der Waals surface area (Å²) >= 11 is 0. The molecule has 19 heavy (non-hydrogen) atoms. The first-order valence-corrected chi connectivity index (χ1v) is 6.81. The minimum absolute atomic E-state index is 0.285. The minimum Gasteiger partial charge on any atom is -0.367 e. The highest BCUT2D eigenvalue weighted by Crippen LogP contribution is 2.20. The monoisotopic (exact) mass is 267 g/mol. The smallest absolute Gasteiger partial charge is 0.224 e. The molecule has 2 heterocycles. The zero-order valence-electron chi connectivity index (χ0n) is 11.6. The maximum atomic E-state index is 13.5. The molecule has 0 aliphatic carbocycles. The number of nitrogens with one attached hydrogen (secondary N) is 2. The van der Waals surface area contributed by atoms with E-state index in [0.717, 1.165) is 32.0 Å². The first-order chi connectivity index (χ1) is 9.19. The Kier molecular flexibility index (Phi) is 4.90. The van der Waals surface area contributed by atoms with Gasteiger partial charge in [0.2, 0.25) is 5.95 Å². The molecule has 0 saturated carbocycles. The lowest BCUT2D eigenvalue weighted by Gasteiger charge is -2.28. The number of likely N-dealkylation sites (tertiary alicyclic amines) is 1. The molecule has 2 rings (SSSR count). The summed E-state index contributed by atoms with van der Waals surface area (Å²) in [6, 6.07) is 0. The third-order valence-corrected chi connectivity index (χ3v) is 3.65. The van der Waals surface area contributed by atoms with Gasteiger partial charge in [0.15, 0.2) is 11.6 Å². The van der Waals surface area contributed by atoms with Crippen molar-refractivity contribution < 1.29 is 4.39 Å². The van der Waals surface area contributed by atoms with Crippen molar-refractivity contribution in [3.05, 3.63) is 12.0 Å². The van der Waals surface area contributed by atoms with Crippen LogP contribution in [0.1, 0.15) is 19.3 Å². The summed E-state index contributed by atoms with van der Waals surface area (Å²) in [6.07, 6.45) is 4.71. The molecule has 0 atom stereocenters. The molecule has 1 saturated heterocycles. The molecule has 0 unspecified atom stereocenters. The van der Waals surface area contributed by atoms with E-state index < -0.39 is 5.82 Å². The van der Waals surface area contributed by atoms with Gasteiger partial charge in [-0.1, -0.05) is 0 Å². The Bertz CT molecular complexity index is 404. The van der Waals surface area contributed by atoms with Crippen molar-refractivity contribution in [3.8, 4) is 0 Å². The fraction of sp³-hybridized carbons (Fsp3) is 0.692. The molecule has 0 bridgehead atoms. The molecule has 0 aromatic carbocycles. The summed E-state index contributed by atoms with van der Waals surface area (Å²) in [7, 11) is 3.87. The normalized spacial score (nSPS) is 17.4. The first kappa shape index (κ1) is 14.0. The fourth-order valence-electron chi connectivity index (χ4n) is 2.36. The van der Waals surface area contributed by atoms with E-state index >= 15 is 0 Å². The summed E-state index contributed by atoms with van der Waals surface area (Å²) in [5, 5.41) is 5.87. The van der Waals surface area contributed by atoms with E-state index in [0.29, 0.717) is 5.95 Å². The Morgan fingerprint density at radius 3 is 2.84 bits per heavy atom. The third kappa shape index (κ3) is 4.02. The molecular weight excluding hydrogens is 245 g/mol. The number of hydrogen-bond acceptors (Lipinski definition) is 5. The maximum Gasteiger partial charge on any atom is 0.224 e. The van der Waals surface area contributed by atoms with Gasteiger partial charge in [-0.3, -0.25) is 0 Å². The number of hydrogen-bond donors (Lipinski definition) is 2. The number of rotatable bonds is 5. The van der Waals surface area contributed by atoms with Gasteiger partial charge in [0, 0.05) is 13.6 Å². The molecule has 0 radical (unpaired) electrons. The van der Waals surface area contributed by atoms with Gasteiger partial charge in [-0.05, 0) is 45.3 Å². The largest absolute Gasteiger partial charge is 0.367 e. The van der Waals surface area contributed by atoms with Crippen LogP contribution >= 0.6 is 0 Å². The van der Waals surface area contributed by atoms with Gasteiger partial charge < -0.3 is 15.5 Å². The SMILES string of the molecule is CNc1ncc(F)c(NCCC2CCN(C)CC2)n1. The van der Waals surface area contributed by atoms with Crippen LogP contribution in [0.4, 0.5) is 16.2 Å². The van der Waals surface area contributed by atoms with E-state index in [1.54, 1.807) is 7.05 Å². The van der Waals surface area contributed by atoms with Crippen molar-refractivity contribution in [1.82, 2.24) is 14.9 Å². The van der Waals surface area contributed by atoms with Crippen molar-refractivity contribution in [2.24, 2.45) is 5.92 Å². The van der Waals surface area contributed by atoms with Crippen molar-refractivity contribution in [3.63, 3.8) is 0 Å². The highest BCUT2D eigenvalue weighted by Gasteiger charge is 2.16. The maximum absolute atomic E-state index is 13.5. The lowest BCUT2D eigenvalue weighted by Crippen LogP contribution is -2.30. The molecular formula is C13H22FN5. The third-order valence-electron chi connectivity index (χ3n) is 3.65. The van der Waals surface area contributed by atoms with Crippen molar-refractivity contribution in [1.29, 1.82) is 0 Å². The molecule has 1 aliphatic rings. The summed E-state index contributed by atoms with van der Waals surface area (Å²) in [5.41, 5.74) is 0. The molecule has 1 aromatic rings. The predicted octanol–water partition coefficient (Wildman–Crippen LogP) is 1.80. The van der Waals surface area contributed by atoms with Crippen LogP contribution in [0, 0.1) is 11.7 Å². The van der Waals surface area contributed by atoms with Crippen LogP contribution in [0.3, 0.4) is 0 Å². The van der Waals surface area contributed by atoms with E-state index in [1.165, 1.54) is 19.0 Å². The average Bonchev–Trinajstić information content (AvgIpc) is 2.43. The highest BCUT2D eigenvalue weighted by molar-refractivity contribution is 5.40. The summed E-state index contributed by atoms with van der Waals surface area (Å²) < 4.78 is 13.5. The van der Waals surface area contributed by atoms with Gasteiger partial charge in [-0.25, -0.2) is 9.37 Å². The van der Waals surface area contributed by atoms with Crippen LogP contribution in [-0.4, -0.2) is 48.6 Å². The Hall–Kier alpha value is -1.43. The quantitative estimate of drug-likeness (QED) is 0.852. The molecule has 0 spiro atoms. The van der Waals surface area contributed by atoms with Crippen molar-refractivity contribution >= 4 is 11.8 Å². The van der Waals surface area contributed by atoms with Gasteiger partial charge >= 0.3 is 0 Å². The fourth-order valence-corrected chi connectivity index (χ4v) is 2.36. The first-order valence-electron chi connectivity index (χ1n) is 6.81. The Labute approximate surface area is 113 Å². The van der Waals surface area contributed by atoms with Crippen LogP contribution in [0.15, 0.2) is 6.20 Å². The zero-order valence-corrected chi connectivity index (χ0v) is 11.6. The van der Waals surface area contributed by atoms with E-state index in [1.807, 2.05) is 0 Å². The zero-order chi connectivity index (χ0) is 13.7. The van der Waals surface area contributed by atoms with Crippen LogP contribution in [-0.2, 0) is 0 Å². The van der Waals surface area contributed by atoms with E-state index in [-0.39, 0.29) is 5.82 Å². The number of nitrogens with zero attached hydrogens (tertiary/aromatic N) is 3. The number of anilines is 2. The topological polar surface area (TPSA) is 53.1 Å². The van der Waals surface area contributed by atoms with Crippen LogP contribution in [0.25, 0.3) is 0 Å². The summed E-state index contributed by atoms with van der Waals surface area (Å²) in [4.78, 5) is 10.2. The second-order valence-electron chi connectivity index (χ2n) is 5.10. The highest BCUT2D eigenvalue weighted by atomic mass is 19.1. The van der Waals surface area contributed by atoms with Crippen LogP contribution in [0.5, 0.6) is 0 Å². The van der Waals surface area contributed by atoms with E-state index in [9.17, 15) is 4.39 Å². The Morgan fingerprint density at radius 1 is 1.42 bits per heavy atom. The lowest BCUT2D eigenvalue weighted by molar-refractivity contribution is 0.215. The van der Waals surface area contributed by atoms with Gasteiger partial charge in [0.1, 0.15) is 0 Å². The lowest BCUT2D eigenvalue weighted by atomic mass is 9.94. The molecule has 0 amide bonds. The number of aromatic nitrogens is 2. The standard InChI is InChI=1S/C13H22FN5/c1-15-13-17-9-11(14)12(18-13)16-6-3-10-4-7-19(2)8-5-10/h9-10H,3-8H2,1-2H3,(H2,15,16,17,18). The minimum atomic E-state index is -0.401. The molecule has 1 aliphatic heterocycles. The molecule has 6 heteroatoms.